The third-order valence-electron chi connectivity index (χ3n) is 2.14. The summed E-state index contributed by atoms with van der Waals surface area (Å²) in [5.74, 6) is 1.57. The quantitative estimate of drug-likeness (QED) is 0.722. The molecule has 0 atom stereocenters. The summed E-state index contributed by atoms with van der Waals surface area (Å²) < 4.78 is 5.48. The molecule has 0 N–H and O–H groups in total. The van der Waals surface area contributed by atoms with Gasteiger partial charge in [0.2, 0.25) is 5.88 Å². The first kappa shape index (κ1) is 13.2. The number of alkyl halides is 1. The number of hydrogen-bond donors (Lipinski definition) is 0. The summed E-state index contributed by atoms with van der Waals surface area (Å²) >= 11 is 3.43. The van der Waals surface area contributed by atoms with E-state index in [-0.39, 0.29) is 0 Å². The molecule has 16 heavy (non-hydrogen) atoms. The van der Waals surface area contributed by atoms with Crippen molar-refractivity contribution in [3.63, 3.8) is 0 Å². The molecular formula is C11H18BrN3O. The van der Waals surface area contributed by atoms with Crippen LogP contribution >= 0.6 is 15.9 Å². The monoisotopic (exact) mass is 287 g/mol. The van der Waals surface area contributed by atoms with Crippen LogP contribution in [0.25, 0.3) is 0 Å². The molecule has 0 unspecified atom stereocenters. The Morgan fingerprint density at radius 2 is 2.19 bits per heavy atom. The van der Waals surface area contributed by atoms with Crippen LogP contribution < -0.4 is 9.64 Å². The number of hydrogen-bond acceptors (Lipinski definition) is 4. The summed E-state index contributed by atoms with van der Waals surface area (Å²) in [4.78, 5) is 10.5. The van der Waals surface area contributed by atoms with Gasteiger partial charge in [0.15, 0.2) is 0 Å². The highest BCUT2D eigenvalue weighted by atomic mass is 79.9. The van der Waals surface area contributed by atoms with Crippen molar-refractivity contribution < 1.29 is 4.74 Å². The lowest BCUT2D eigenvalue weighted by Gasteiger charge is -2.20. The van der Waals surface area contributed by atoms with Gasteiger partial charge >= 0.3 is 0 Å². The van der Waals surface area contributed by atoms with Crippen LogP contribution in [0.3, 0.4) is 0 Å². The van der Waals surface area contributed by atoms with Crippen molar-refractivity contribution >= 4 is 21.7 Å². The Balaban J connectivity index is 2.71. The first-order valence-corrected chi connectivity index (χ1v) is 6.69. The topological polar surface area (TPSA) is 38.2 Å². The second-order valence-electron chi connectivity index (χ2n) is 3.33. The van der Waals surface area contributed by atoms with Gasteiger partial charge in [0.25, 0.3) is 0 Å². The van der Waals surface area contributed by atoms with E-state index >= 15 is 0 Å². The van der Waals surface area contributed by atoms with Gasteiger partial charge in [0.1, 0.15) is 12.1 Å². The fourth-order valence-corrected chi connectivity index (χ4v) is 1.75. The van der Waals surface area contributed by atoms with Crippen LogP contribution in [0.15, 0.2) is 12.4 Å². The van der Waals surface area contributed by atoms with E-state index in [2.05, 4.69) is 44.6 Å². The molecule has 1 aromatic heterocycles. The molecule has 0 aromatic carbocycles. The van der Waals surface area contributed by atoms with E-state index in [1.165, 1.54) is 0 Å². The molecule has 0 spiro atoms. The summed E-state index contributed by atoms with van der Waals surface area (Å²) in [6, 6.07) is 1.89. The van der Waals surface area contributed by atoms with Crippen molar-refractivity contribution in [2.24, 2.45) is 0 Å². The molecule has 0 bridgehead atoms. The standard InChI is InChI=1S/C11H18BrN3O/c1-3-7-16-11-8-10(13-9-14-11)15(4-2)6-5-12/h8-9H,3-7H2,1-2H3. The predicted octanol–water partition coefficient (Wildman–Crippen LogP) is 2.49. The van der Waals surface area contributed by atoms with E-state index in [9.17, 15) is 0 Å². The van der Waals surface area contributed by atoms with E-state index in [4.69, 9.17) is 4.74 Å². The summed E-state index contributed by atoms with van der Waals surface area (Å²) in [7, 11) is 0. The smallest absolute Gasteiger partial charge is 0.218 e. The summed E-state index contributed by atoms with van der Waals surface area (Å²) in [6.07, 6.45) is 2.54. The third-order valence-corrected chi connectivity index (χ3v) is 2.50. The molecule has 0 aliphatic heterocycles. The van der Waals surface area contributed by atoms with E-state index in [1.807, 2.05) is 6.07 Å². The first-order chi connectivity index (χ1) is 7.81. The van der Waals surface area contributed by atoms with E-state index in [0.717, 1.165) is 30.7 Å². The maximum atomic E-state index is 5.48. The minimum Gasteiger partial charge on any atom is -0.478 e. The van der Waals surface area contributed by atoms with Crippen molar-refractivity contribution in [3.8, 4) is 5.88 Å². The zero-order valence-electron chi connectivity index (χ0n) is 9.82. The molecule has 1 aromatic rings. The Bertz CT molecular complexity index is 309. The third kappa shape index (κ3) is 3.96. The fourth-order valence-electron chi connectivity index (χ4n) is 1.33. The number of anilines is 1. The molecule has 1 heterocycles. The molecule has 4 nitrogen and oxygen atoms in total. The van der Waals surface area contributed by atoms with Gasteiger partial charge in [-0.05, 0) is 13.3 Å². The summed E-state index contributed by atoms with van der Waals surface area (Å²) in [5, 5.41) is 0.927. The molecule has 5 heteroatoms. The minimum absolute atomic E-state index is 0.653. The van der Waals surface area contributed by atoms with Gasteiger partial charge in [0.05, 0.1) is 6.61 Å². The molecule has 90 valence electrons. The van der Waals surface area contributed by atoms with Gasteiger partial charge in [-0.3, -0.25) is 0 Å². The van der Waals surface area contributed by atoms with Gasteiger partial charge in [-0.25, -0.2) is 9.97 Å². The van der Waals surface area contributed by atoms with Gasteiger partial charge in [-0.15, -0.1) is 0 Å². The second kappa shape index (κ2) is 7.44. The first-order valence-electron chi connectivity index (χ1n) is 5.57. The van der Waals surface area contributed by atoms with Crippen LogP contribution in [0, 0.1) is 0 Å². The van der Waals surface area contributed by atoms with E-state index in [1.54, 1.807) is 6.33 Å². The van der Waals surface area contributed by atoms with Crippen molar-refractivity contribution in [2.45, 2.75) is 20.3 Å². The SMILES string of the molecule is CCCOc1cc(N(CC)CCBr)ncn1. The molecule has 0 fully saturated rings. The van der Waals surface area contributed by atoms with Crippen LogP contribution in [0.5, 0.6) is 5.88 Å². The maximum absolute atomic E-state index is 5.48. The zero-order chi connectivity index (χ0) is 11.8. The van der Waals surface area contributed by atoms with Crippen molar-refractivity contribution in [3.05, 3.63) is 12.4 Å². The Morgan fingerprint density at radius 3 is 2.81 bits per heavy atom. The number of halogens is 1. The predicted molar refractivity (Wildman–Crippen MR) is 69.5 cm³/mol. The number of ether oxygens (including phenoxy) is 1. The minimum atomic E-state index is 0.653. The van der Waals surface area contributed by atoms with Crippen molar-refractivity contribution in [1.82, 2.24) is 9.97 Å². The average molecular weight is 288 g/mol. The normalized spacial score (nSPS) is 10.2. The number of rotatable bonds is 7. The Labute approximate surface area is 105 Å². The number of aromatic nitrogens is 2. The highest BCUT2D eigenvalue weighted by Gasteiger charge is 2.06. The van der Waals surface area contributed by atoms with Crippen LogP contribution in [0.1, 0.15) is 20.3 Å². The molecule has 0 saturated heterocycles. The summed E-state index contributed by atoms with van der Waals surface area (Å²) in [5.41, 5.74) is 0. The van der Waals surface area contributed by atoms with Crippen LogP contribution in [0.2, 0.25) is 0 Å². The van der Waals surface area contributed by atoms with Crippen LogP contribution in [-0.4, -0.2) is 35.0 Å². The highest BCUT2D eigenvalue weighted by Crippen LogP contribution is 2.15. The highest BCUT2D eigenvalue weighted by molar-refractivity contribution is 9.09. The maximum Gasteiger partial charge on any atom is 0.218 e. The van der Waals surface area contributed by atoms with Crippen LogP contribution in [-0.2, 0) is 0 Å². The molecule has 0 radical (unpaired) electrons. The van der Waals surface area contributed by atoms with Gasteiger partial charge in [0, 0.05) is 24.5 Å². The van der Waals surface area contributed by atoms with Gasteiger partial charge < -0.3 is 9.64 Å². The molecule has 0 aliphatic carbocycles. The largest absolute Gasteiger partial charge is 0.478 e. The lowest BCUT2D eigenvalue weighted by Crippen LogP contribution is -2.25. The molecular weight excluding hydrogens is 270 g/mol. The zero-order valence-corrected chi connectivity index (χ0v) is 11.4. The second-order valence-corrected chi connectivity index (χ2v) is 4.12. The summed E-state index contributed by atoms with van der Waals surface area (Å²) in [6.45, 7) is 6.74. The number of nitrogens with zero attached hydrogens (tertiary/aromatic N) is 3. The van der Waals surface area contributed by atoms with Crippen molar-refractivity contribution in [2.75, 3.05) is 29.9 Å². The van der Waals surface area contributed by atoms with Gasteiger partial charge in [-0.2, -0.15) is 0 Å². The van der Waals surface area contributed by atoms with Crippen LogP contribution in [0.4, 0.5) is 5.82 Å². The van der Waals surface area contributed by atoms with Gasteiger partial charge in [-0.1, -0.05) is 22.9 Å². The molecule has 0 saturated carbocycles. The van der Waals surface area contributed by atoms with E-state index in [0.29, 0.717) is 12.5 Å². The Hall–Kier alpha value is -0.840. The van der Waals surface area contributed by atoms with E-state index < -0.39 is 0 Å². The lowest BCUT2D eigenvalue weighted by atomic mass is 10.4. The molecule has 1 rings (SSSR count). The Morgan fingerprint density at radius 1 is 1.38 bits per heavy atom. The lowest BCUT2D eigenvalue weighted by molar-refractivity contribution is 0.304. The Kier molecular flexibility index (Phi) is 6.15. The van der Waals surface area contributed by atoms with Crippen molar-refractivity contribution in [1.29, 1.82) is 0 Å². The average Bonchev–Trinajstić information content (AvgIpc) is 2.33. The molecule has 0 amide bonds. The molecule has 0 aliphatic rings. The fraction of sp³-hybridized carbons (Fsp3) is 0.636.